The molecular formula is C18H17BrN2O2. The van der Waals surface area contributed by atoms with Crippen LogP contribution >= 0.6 is 15.9 Å². The van der Waals surface area contributed by atoms with Gasteiger partial charge in [-0.05, 0) is 42.0 Å². The van der Waals surface area contributed by atoms with Crippen LogP contribution in [0.2, 0.25) is 0 Å². The number of carbonyl (C=O) groups excluding carboxylic acids is 2. The number of nitrogens with one attached hydrogen (secondary N) is 1. The van der Waals surface area contributed by atoms with Gasteiger partial charge in [0.25, 0.3) is 0 Å². The van der Waals surface area contributed by atoms with Crippen LogP contribution in [-0.4, -0.2) is 18.9 Å². The normalized spacial score (nSPS) is 10.6. The Morgan fingerprint density at radius 2 is 1.74 bits per heavy atom. The van der Waals surface area contributed by atoms with Crippen LogP contribution in [0.4, 0.5) is 11.4 Å². The molecule has 0 saturated carbocycles. The smallest absolute Gasteiger partial charge is 0.248 e. The molecule has 4 nitrogen and oxygen atoms in total. The first-order chi connectivity index (χ1) is 11.0. The molecule has 23 heavy (non-hydrogen) atoms. The summed E-state index contributed by atoms with van der Waals surface area (Å²) < 4.78 is 0.931. The maximum absolute atomic E-state index is 11.9. The second kappa shape index (κ2) is 7.74. The summed E-state index contributed by atoms with van der Waals surface area (Å²) in [6.45, 7) is 1.50. The Morgan fingerprint density at radius 1 is 1.09 bits per heavy atom. The van der Waals surface area contributed by atoms with Crippen LogP contribution in [0.3, 0.4) is 0 Å². The molecule has 1 N–H and O–H groups in total. The van der Waals surface area contributed by atoms with Crippen molar-refractivity contribution < 1.29 is 9.59 Å². The van der Waals surface area contributed by atoms with E-state index in [1.165, 1.54) is 13.0 Å². The number of hydrogen-bond donors (Lipinski definition) is 1. The highest BCUT2D eigenvalue weighted by Crippen LogP contribution is 2.18. The Balaban J connectivity index is 2.00. The van der Waals surface area contributed by atoms with Crippen LogP contribution in [0.1, 0.15) is 12.5 Å². The molecular weight excluding hydrogens is 356 g/mol. The van der Waals surface area contributed by atoms with Gasteiger partial charge in [0.1, 0.15) is 0 Å². The molecule has 2 rings (SSSR count). The number of rotatable bonds is 4. The molecule has 2 aromatic rings. The molecule has 0 aromatic heterocycles. The lowest BCUT2D eigenvalue weighted by Crippen LogP contribution is -2.22. The summed E-state index contributed by atoms with van der Waals surface area (Å²) >= 11 is 3.43. The van der Waals surface area contributed by atoms with Crippen LogP contribution < -0.4 is 10.2 Å². The van der Waals surface area contributed by atoms with Crippen molar-refractivity contribution in [1.82, 2.24) is 0 Å². The molecule has 0 aliphatic heterocycles. The Morgan fingerprint density at radius 3 is 2.35 bits per heavy atom. The van der Waals surface area contributed by atoms with Crippen molar-refractivity contribution in [2.45, 2.75) is 6.92 Å². The molecule has 0 aliphatic carbocycles. The summed E-state index contributed by atoms with van der Waals surface area (Å²) in [7, 11) is 1.70. The Hall–Kier alpha value is -2.40. The largest absolute Gasteiger partial charge is 0.323 e. The molecule has 0 radical (unpaired) electrons. The predicted molar refractivity (Wildman–Crippen MR) is 97.3 cm³/mol. The molecule has 5 heteroatoms. The van der Waals surface area contributed by atoms with Crippen LogP contribution in [0, 0.1) is 0 Å². The van der Waals surface area contributed by atoms with Gasteiger partial charge in [-0.3, -0.25) is 9.59 Å². The number of benzene rings is 2. The third kappa shape index (κ3) is 4.79. The molecule has 118 valence electrons. The highest BCUT2D eigenvalue weighted by atomic mass is 79.9. The van der Waals surface area contributed by atoms with E-state index >= 15 is 0 Å². The van der Waals surface area contributed by atoms with E-state index in [1.807, 2.05) is 24.3 Å². The molecule has 0 unspecified atom stereocenters. The van der Waals surface area contributed by atoms with Crippen molar-refractivity contribution in [2.75, 3.05) is 17.3 Å². The van der Waals surface area contributed by atoms with Crippen LogP contribution in [-0.2, 0) is 9.59 Å². The number of carbonyl (C=O) groups is 2. The van der Waals surface area contributed by atoms with Crippen LogP contribution in [0.15, 0.2) is 59.1 Å². The van der Waals surface area contributed by atoms with Crippen molar-refractivity contribution in [2.24, 2.45) is 0 Å². The van der Waals surface area contributed by atoms with E-state index in [4.69, 9.17) is 0 Å². The molecule has 0 bridgehead atoms. The summed E-state index contributed by atoms with van der Waals surface area (Å²) in [5, 5.41) is 2.78. The van der Waals surface area contributed by atoms with E-state index in [0.29, 0.717) is 5.69 Å². The number of amides is 2. The maximum atomic E-state index is 11.9. The number of anilines is 2. The first kappa shape index (κ1) is 17.0. The van der Waals surface area contributed by atoms with Gasteiger partial charge in [0.2, 0.25) is 11.8 Å². The van der Waals surface area contributed by atoms with E-state index < -0.39 is 0 Å². The van der Waals surface area contributed by atoms with Crippen molar-refractivity contribution >= 4 is 45.2 Å². The monoisotopic (exact) mass is 372 g/mol. The highest BCUT2D eigenvalue weighted by molar-refractivity contribution is 9.10. The van der Waals surface area contributed by atoms with E-state index in [0.717, 1.165) is 15.7 Å². The minimum Gasteiger partial charge on any atom is -0.323 e. The lowest BCUT2D eigenvalue weighted by Gasteiger charge is -2.15. The number of halogens is 1. The van der Waals surface area contributed by atoms with Crippen molar-refractivity contribution in [3.05, 3.63) is 64.6 Å². The van der Waals surface area contributed by atoms with Crippen LogP contribution in [0.25, 0.3) is 6.08 Å². The fraction of sp³-hybridized carbons (Fsp3) is 0.111. The van der Waals surface area contributed by atoms with Gasteiger partial charge in [-0.1, -0.05) is 34.1 Å². The Kier molecular flexibility index (Phi) is 5.71. The van der Waals surface area contributed by atoms with E-state index in [2.05, 4.69) is 21.2 Å². The minimum atomic E-state index is -0.214. The van der Waals surface area contributed by atoms with Gasteiger partial charge in [0.05, 0.1) is 0 Å². The zero-order valence-electron chi connectivity index (χ0n) is 12.9. The summed E-state index contributed by atoms with van der Waals surface area (Å²) in [6.07, 6.45) is 3.23. The molecule has 0 fully saturated rings. The molecule has 2 amide bonds. The van der Waals surface area contributed by atoms with Crippen molar-refractivity contribution in [3.8, 4) is 0 Å². The van der Waals surface area contributed by atoms with Gasteiger partial charge in [-0.25, -0.2) is 0 Å². The lowest BCUT2D eigenvalue weighted by molar-refractivity contribution is -0.116. The topological polar surface area (TPSA) is 49.4 Å². The van der Waals surface area contributed by atoms with Gasteiger partial charge >= 0.3 is 0 Å². The van der Waals surface area contributed by atoms with Gasteiger partial charge in [0.15, 0.2) is 0 Å². The summed E-state index contributed by atoms with van der Waals surface area (Å²) in [5.74, 6) is -0.258. The molecule has 2 aromatic carbocycles. The second-order valence-corrected chi connectivity index (χ2v) is 5.82. The van der Waals surface area contributed by atoms with Gasteiger partial charge in [-0.15, -0.1) is 0 Å². The van der Waals surface area contributed by atoms with Crippen LogP contribution in [0.5, 0.6) is 0 Å². The quantitative estimate of drug-likeness (QED) is 0.821. The SMILES string of the molecule is CC(=O)N(C)c1ccc(NC(=O)/C=C/c2ccccc2Br)cc1. The third-order valence-electron chi connectivity index (χ3n) is 3.31. The predicted octanol–water partition coefficient (Wildman–Crippen LogP) is 4.08. The number of hydrogen-bond acceptors (Lipinski definition) is 2. The zero-order valence-corrected chi connectivity index (χ0v) is 14.5. The molecule has 0 aliphatic rings. The van der Waals surface area contributed by atoms with E-state index in [9.17, 15) is 9.59 Å². The molecule has 0 atom stereocenters. The average molecular weight is 373 g/mol. The number of nitrogens with zero attached hydrogens (tertiary/aromatic N) is 1. The average Bonchev–Trinajstić information content (AvgIpc) is 2.54. The first-order valence-electron chi connectivity index (χ1n) is 7.05. The first-order valence-corrected chi connectivity index (χ1v) is 7.84. The maximum Gasteiger partial charge on any atom is 0.248 e. The summed E-state index contributed by atoms with van der Waals surface area (Å²) in [6, 6.07) is 14.8. The second-order valence-electron chi connectivity index (χ2n) is 4.97. The lowest BCUT2D eigenvalue weighted by atomic mass is 10.2. The zero-order chi connectivity index (χ0) is 16.8. The van der Waals surface area contributed by atoms with Gasteiger partial charge in [-0.2, -0.15) is 0 Å². The standard InChI is InChI=1S/C18H17BrN2O2/c1-13(22)21(2)16-10-8-15(9-11-16)20-18(23)12-7-14-5-3-4-6-17(14)19/h3-12H,1-2H3,(H,20,23)/b12-7+. The van der Waals surface area contributed by atoms with Crippen molar-refractivity contribution in [3.63, 3.8) is 0 Å². The van der Waals surface area contributed by atoms with Gasteiger partial charge < -0.3 is 10.2 Å². The van der Waals surface area contributed by atoms with E-state index in [1.54, 1.807) is 42.3 Å². The fourth-order valence-electron chi connectivity index (χ4n) is 1.91. The summed E-state index contributed by atoms with van der Waals surface area (Å²) in [5.41, 5.74) is 2.38. The minimum absolute atomic E-state index is 0.0434. The Labute approximate surface area is 143 Å². The van der Waals surface area contributed by atoms with Crippen molar-refractivity contribution in [1.29, 1.82) is 0 Å². The van der Waals surface area contributed by atoms with Gasteiger partial charge in [0, 0.05) is 35.9 Å². The molecule has 0 heterocycles. The third-order valence-corrected chi connectivity index (χ3v) is 4.04. The molecule has 0 saturated heterocycles. The fourth-order valence-corrected chi connectivity index (χ4v) is 2.33. The van der Waals surface area contributed by atoms with E-state index in [-0.39, 0.29) is 11.8 Å². The molecule has 0 spiro atoms. The Bertz CT molecular complexity index is 739. The highest BCUT2D eigenvalue weighted by Gasteiger charge is 2.05. The summed E-state index contributed by atoms with van der Waals surface area (Å²) in [4.78, 5) is 24.8.